The molecule has 102 valence electrons. The van der Waals surface area contributed by atoms with Crippen molar-refractivity contribution < 1.29 is 0 Å². The first-order valence-electron chi connectivity index (χ1n) is 7.92. The summed E-state index contributed by atoms with van der Waals surface area (Å²) in [5.41, 5.74) is 1.54. The predicted octanol–water partition coefficient (Wildman–Crippen LogP) is 2.62. The Kier molecular flexibility index (Phi) is 3.08. The highest BCUT2D eigenvalue weighted by Gasteiger charge is 2.40. The van der Waals surface area contributed by atoms with Gasteiger partial charge in [0, 0.05) is 25.2 Å². The maximum absolute atomic E-state index is 3.77. The summed E-state index contributed by atoms with van der Waals surface area (Å²) in [5, 5.41) is 3.77. The lowest BCUT2D eigenvalue weighted by Gasteiger charge is -2.26. The first-order chi connectivity index (χ1) is 9.38. The van der Waals surface area contributed by atoms with E-state index in [0.717, 1.165) is 23.9 Å². The predicted molar refractivity (Wildman–Crippen MR) is 78.3 cm³/mol. The van der Waals surface area contributed by atoms with E-state index in [1.807, 2.05) is 0 Å². The molecule has 3 aliphatic heterocycles. The average molecular weight is 256 g/mol. The number of nitrogens with one attached hydrogen (secondary N) is 1. The second-order valence-electron chi connectivity index (χ2n) is 6.70. The molecule has 4 atom stereocenters. The second-order valence-corrected chi connectivity index (χ2v) is 6.70. The van der Waals surface area contributed by atoms with Crippen LogP contribution < -0.4 is 5.32 Å². The Morgan fingerprint density at radius 3 is 2.74 bits per heavy atom. The molecule has 0 saturated carbocycles. The van der Waals surface area contributed by atoms with Crippen molar-refractivity contribution in [1.82, 2.24) is 10.2 Å². The molecule has 1 aromatic rings. The van der Waals surface area contributed by atoms with Crippen LogP contribution in [0.15, 0.2) is 30.3 Å². The highest BCUT2D eigenvalue weighted by molar-refractivity contribution is 5.21. The Labute approximate surface area is 116 Å². The van der Waals surface area contributed by atoms with Gasteiger partial charge in [0.1, 0.15) is 0 Å². The summed E-state index contributed by atoms with van der Waals surface area (Å²) < 4.78 is 0. The highest BCUT2D eigenvalue weighted by Crippen LogP contribution is 2.35. The van der Waals surface area contributed by atoms with Gasteiger partial charge in [0.15, 0.2) is 0 Å². The fraction of sp³-hybridized carbons (Fsp3) is 0.647. The Morgan fingerprint density at radius 2 is 2.00 bits per heavy atom. The van der Waals surface area contributed by atoms with E-state index >= 15 is 0 Å². The number of rotatable bonds is 3. The van der Waals surface area contributed by atoms with Crippen molar-refractivity contribution in [1.29, 1.82) is 0 Å². The molecule has 0 amide bonds. The maximum Gasteiger partial charge on any atom is 0.0111 e. The number of benzene rings is 1. The van der Waals surface area contributed by atoms with Crippen molar-refractivity contribution in [3.05, 3.63) is 35.9 Å². The highest BCUT2D eigenvalue weighted by atomic mass is 15.2. The minimum Gasteiger partial charge on any atom is -0.311 e. The summed E-state index contributed by atoms with van der Waals surface area (Å²) >= 11 is 0. The molecule has 2 bridgehead atoms. The van der Waals surface area contributed by atoms with E-state index in [4.69, 9.17) is 0 Å². The van der Waals surface area contributed by atoms with Gasteiger partial charge in [0.25, 0.3) is 0 Å². The molecule has 4 rings (SSSR count). The molecule has 3 aliphatic rings. The van der Waals surface area contributed by atoms with E-state index in [9.17, 15) is 0 Å². The van der Waals surface area contributed by atoms with Crippen molar-refractivity contribution in [2.24, 2.45) is 5.92 Å². The second kappa shape index (κ2) is 4.92. The van der Waals surface area contributed by atoms with Crippen LogP contribution in [0.3, 0.4) is 0 Å². The largest absolute Gasteiger partial charge is 0.311 e. The summed E-state index contributed by atoms with van der Waals surface area (Å²) in [7, 11) is 0. The van der Waals surface area contributed by atoms with E-state index in [2.05, 4.69) is 40.5 Å². The van der Waals surface area contributed by atoms with E-state index in [1.165, 1.54) is 50.9 Å². The molecular weight excluding hydrogens is 232 g/mol. The lowest BCUT2D eigenvalue weighted by Crippen LogP contribution is -2.33. The van der Waals surface area contributed by atoms with Crippen molar-refractivity contribution >= 4 is 0 Å². The fourth-order valence-electron chi connectivity index (χ4n) is 4.47. The van der Waals surface area contributed by atoms with Gasteiger partial charge in [0.05, 0.1) is 0 Å². The van der Waals surface area contributed by atoms with E-state index in [0.29, 0.717) is 0 Å². The Morgan fingerprint density at radius 1 is 1.11 bits per heavy atom. The summed E-state index contributed by atoms with van der Waals surface area (Å²) in [6, 6.07) is 12.8. The number of hydrogen-bond acceptors (Lipinski definition) is 2. The smallest absolute Gasteiger partial charge is 0.0111 e. The topological polar surface area (TPSA) is 15.3 Å². The molecule has 3 heterocycles. The third-order valence-electron chi connectivity index (χ3n) is 5.47. The summed E-state index contributed by atoms with van der Waals surface area (Å²) in [6.45, 7) is 3.91. The van der Waals surface area contributed by atoms with Crippen LogP contribution in [0.2, 0.25) is 0 Å². The van der Waals surface area contributed by atoms with Gasteiger partial charge in [0.2, 0.25) is 0 Å². The van der Waals surface area contributed by atoms with Crippen molar-refractivity contribution in [3.63, 3.8) is 0 Å². The van der Waals surface area contributed by atoms with Gasteiger partial charge in [-0.2, -0.15) is 0 Å². The monoisotopic (exact) mass is 256 g/mol. The van der Waals surface area contributed by atoms with E-state index in [-0.39, 0.29) is 0 Å². The third kappa shape index (κ3) is 2.32. The van der Waals surface area contributed by atoms with Crippen LogP contribution in [0.25, 0.3) is 0 Å². The van der Waals surface area contributed by atoms with Crippen LogP contribution in [-0.2, 0) is 0 Å². The molecule has 0 spiro atoms. The number of likely N-dealkylation sites (tertiary alicyclic amines) is 1. The lowest BCUT2D eigenvalue weighted by molar-refractivity contribution is 0.247. The quantitative estimate of drug-likeness (QED) is 0.894. The molecule has 1 aromatic carbocycles. The van der Waals surface area contributed by atoms with Gasteiger partial charge in [-0.3, -0.25) is 0 Å². The van der Waals surface area contributed by atoms with E-state index < -0.39 is 0 Å². The first kappa shape index (κ1) is 11.9. The van der Waals surface area contributed by atoms with Gasteiger partial charge in [-0.1, -0.05) is 30.3 Å². The molecule has 0 aromatic heterocycles. The van der Waals surface area contributed by atoms with Crippen LogP contribution in [0.5, 0.6) is 0 Å². The Balaban J connectivity index is 1.35. The van der Waals surface area contributed by atoms with Crippen molar-refractivity contribution in [2.45, 2.75) is 43.7 Å². The van der Waals surface area contributed by atoms with Crippen molar-refractivity contribution in [3.8, 4) is 0 Å². The molecule has 1 N–H and O–H groups in total. The van der Waals surface area contributed by atoms with Gasteiger partial charge >= 0.3 is 0 Å². The van der Waals surface area contributed by atoms with Gasteiger partial charge in [-0.15, -0.1) is 0 Å². The third-order valence-corrected chi connectivity index (χ3v) is 5.47. The van der Waals surface area contributed by atoms with Crippen LogP contribution in [0.4, 0.5) is 0 Å². The number of fused-ring (bicyclic) bond motifs is 2. The van der Waals surface area contributed by atoms with Crippen LogP contribution in [-0.4, -0.2) is 36.6 Å². The molecule has 0 aliphatic carbocycles. The van der Waals surface area contributed by atoms with Crippen molar-refractivity contribution in [2.75, 3.05) is 19.6 Å². The lowest BCUT2D eigenvalue weighted by atomic mass is 9.89. The zero-order chi connectivity index (χ0) is 12.7. The van der Waals surface area contributed by atoms with Gasteiger partial charge < -0.3 is 10.2 Å². The zero-order valence-corrected chi connectivity index (χ0v) is 11.6. The Bertz CT molecular complexity index is 430. The molecule has 2 nitrogen and oxygen atoms in total. The minimum absolute atomic E-state index is 0.771. The maximum atomic E-state index is 3.77. The molecule has 0 radical (unpaired) electrons. The number of nitrogens with zero attached hydrogens (tertiary/aromatic N) is 1. The molecule has 3 saturated heterocycles. The summed E-state index contributed by atoms with van der Waals surface area (Å²) in [6.07, 6.45) is 5.62. The van der Waals surface area contributed by atoms with E-state index in [1.54, 1.807) is 0 Å². The van der Waals surface area contributed by atoms with Gasteiger partial charge in [-0.05, 0) is 49.6 Å². The normalized spacial score (nSPS) is 38.1. The minimum atomic E-state index is 0.771. The molecule has 19 heavy (non-hydrogen) atoms. The molecule has 2 heteroatoms. The number of hydrogen-bond donors (Lipinski definition) is 1. The molecular formula is C17H24N2. The zero-order valence-electron chi connectivity index (χ0n) is 11.6. The average Bonchev–Trinajstić information content (AvgIpc) is 3.16. The summed E-state index contributed by atoms with van der Waals surface area (Å²) in [4.78, 5) is 2.71. The fourth-order valence-corrected chi connectivity index (χ4v) is 4.47. The standard InChI is InChI=1S/C17H24N2/c1-2-4-13(5-3-1)14-8-9-19(11-14)12-15-10-16-6-7-17(15)18-16/h1-5,14-18H,6-12H2. The first-order valence-corrected chi connectivity index (χ1v) is 7.92. The van der Waals surface area contributed by atoms with Crippen LogP contribution in [0, 0.1) is 5.92 Å². The van der Waals surface area contributed by atoms with Gasteiger partial charge in [-0.25, -0.2) is 0 Å². The Hall–Kier alpha value is -0.860. The molecule has 4 unspecified atom stereocenters. The summed E-state index contributed by atoms with van der Waals surface area (Å²) in [5.74, 6) is 1.70. The molecule has 3 fully saturated rings. The van der Waals surface area contributed by atoms with Crippen LogP contribution in [0.1, 0.15) is 37.2 Å². The van der Waals surface area contributed by atoms with Crippen LogP contribution >= 0.6 is 0 Å². The SMILES string of the molecule is c1ccc(C2CCN(CC3CC4CCC3N4)C2)cc1.